The van der Waals surface area contributed by atoms with Gasteiger partial charge in [0.2, 0.25) is 0 Å². The minimum atomic E-state index is -1.20. The van der Waals surface area contributed by atoms with Gasteiger partial charge in [0.1, 0.15) is 0 Å². The normalized spacial score (nSPS) is 12.2. The molecule has 0 bridgehead atoms. The Morgan fingerprint density at radius 2 is 1.79 bits per heavy atom. The Morgan fingerprint density at radius 1 is 1.11 bits per heavy atom. The van der Waals surface area contributed by atoms with Crippen LogP contribution in [0.4, 0.5) is 13.2 Å². The molecule has 0 saturated heterocycles. The molecule has 3 rings (SSSR count). The minimum Gasteiger partial charge on any atom is -0.505 e. The minimum absolute atomic E-state index is 0.0771. The summed E-state index contributed by atoms with van der Waals surface area (Å²) in [5, 5.41) is 9.65. The molecule has 0 saturated carbocycles. The lowest BCUT2D eigenvalue weighted by Gasteiger charge is -2.11. The van der Waals surface area contributed by atoms with Gasteiger partial charge < -0.3 is 9.84 Å². The largest absolute Gasteiger partial charge is 0.505 e. The quantitative estimate of drug-likeness (QED) is 0.685. The number of benzene rings is 2. The molecule has 8 heteroatoms. The summed E-state index contributed by atoms with van der Waals surface area (Å²) in [6.45, 7) is 2.96. The molecule has 0 radical (unpaired) electrons. The molecule has 2 aromatic carbocycles. The van der Waals surface area contributed by atoms with Crippen molar-refractivity contribution >= 4 is 22.8 Å². The molecule has 146 valence electrons. The molecular formula is C20H16F3NO4. The Hall–Kier alpha value is -3.29. The number of rotatable bonds is 3. The lowest BCUT2D eigenvalue weighted by atomic mass is 9.97. The molecule has 0 aliphatic heterocycles. The second-order valence-corrected chi connectivity index (χ2v) is 6.31. The zero-order valence-corrected chi connectivity index (χ0v) is 15.2. The maximum absolute atomic E-state index is 14.7. The van der Waals surface area contributed by atoms with Crippen LogP contribution in [0.5, 0.6) is 5.75 Å². The van der Waals surface area contributed by atoms with E-state index in [1.165, 1.54) is 27.0 Å². The van der Waals surface area contributed by atoms with Gasteiger partial charge in [0, 0.05) is 16.6 Å². The van der Waals surface area contributed by atoms with E-state index in [1.807, 2.05) is 0 Å². The van der Waals surface area contributed by atoms with Gasteiger partial charge in [-0.25, -0.2) is 13.2 Å². The van der Waals surface area contributed by atoms with Crippen LogP contribution in [0.1, 0.15) is 34.5 Å². The van der Waals surface area contributed by atoms with Crippen LogP contribution in [0.15, 0.2) is 30.3 Å². The number of aromatic hydroxyl groups is 1. The van der Waals surface area contributed by atoms with E-state index in [2.05, 4.69) is 0 Å². The number of hydrogen-bond donors (Lipinski definition) is 1. The molecule has 0 spiro atoms. The first-order valence-electron chi connectivity index (χ1n) is 8.29. The van der Waals surface area contributed by atoms with Gasteiger partial charge in [-0.2, -0.15) is 0 Å². The number of esters is 1. The zero-order chi connectivity index (χ0) is 20.7. The molecule has 1 heterocycles. The molecular weight excluding hydrogens is 375 g/mol. The maximum atomic E-state index is 14.7. The van der Waals surface area contributed by atoms with Crippen LogP contribution in [0.2, 0.25) is 0 Å². The predicted molar refractivity (Wildman–Crippen MR) is 94.8 cm³/mol. The summed E-state index contributed by atoms with van der Waals surface area (Å²) in [6.07, 6.45) is 0. The van der Waals surface area contributed by atoms with Crippen LogP contribution < -0.4 is 0 Å². The summed E-state index contributed by atoms with van der Waals surface area (Å²) in [7, 11) is 1.17. The Labute approximate surface area is 158 Å². The second kappa shape index (κ2) is 7.03. The highest BCUT2D eigenvalue weighted by molar-refractivity contribution is 6.05. The molecule has 28 heavy (non-hydrogen) atoms. The van der Waals surface area contributed by atoms with Crippen molar-refractivity contribution in [3.8, 4) is 5.75 Å². The van der Waals surface area contributed by atoms with Crippen molar-refractivity contribution in [1.29, 1.82) is 0 Å². The van der Waals surface area contributed by atoms with Crippen molar-refractivity contribution in [1.82, 2.24) is 4.57 Å². The molecule has 3 aromatic rings. The van der Waals surface area contributed by atoms with Crippen LogP contribution in [0.3, 0.4) is 0 Å². The highest BCUT2D eigenvalue weighted by atomic mass is 19.2. The summed E-state index contributed by atoms with van der Waals surface area (Å²) in [4.78, 5) is 25.0. The van der Waals surface area contributed by atoms with Gasteiger partial charge in [0.25, 0.3) is 5.91 Å². The van der Waals surface area contributed by atoms with E-state index in [0.717, 1.165) is 28.8 Å². The lowest BCUT2D eigenvalue weighted by molar-refractivity contribution is -0.141. The average Bonchev–Trinajstić information content (AvgIpc) is 2.97. The van der Waals surface area contributed by atoms with Crippen molar-refractivity contribution < 1.29 is 32.6 Å². The van der Waals surface area contributed by atoms with Crippen LogP contribution >= 0.6 is 0 Å². The molecule has 0 fully saturated rings. The van der Waals surface area contributed by atoms with Gasteiger partial charge in [-0.15, -0.1) is 0 Å². The van der Waals surface area contributed by atoms with Gasteiger partial charge in [-0.3, -0.25) is 14.2 Å². The van der Waals surface area contributed by atoms with Crippen LogP contribution in [0.25, 0.3) is 10.9 Å². The standard InChI is InChI=1S/C20H16F3NO4/c1-9(20(27)28-3)16-10(2)24(14-6-7-15(25)18(23)17(14)16)19(26)11-4-5-12(21)13(22)8-11/h4-9,25H,1-3H3. The van der Waals surface area contributed by atoms with Crippen molar-refractivity contribution in [2.24, 2.45) is 0 Å². The Bertz CT molecular complexity index is 1120. The van der Waals surface area contributed by atoms with Crippen molar-refractivity contribution in [3.63, 3.8) is 0 Å². The molecule has 0 amide bonds. The number of aromatic nitrogens is 1. The number of halogens is 3. The van der Waals surface area contributed by atoms with Crippen molar-refractivity contribution in [2.75, 3.05) is 7.11 Å². The Morgan fingerprint density at radius 3 is 2.39 bits per heavy atom. The number of carbonyl (C=O) groups is 2. The van der Waals surface area contributed by atoms with E-state index in [1.54, 1.807) is 0 Å². The first-order chi connectivity index (χ1) is 13.2. The number of carbonyl (C=O) groups excluding carboxylic acids is 2. The number of nitrogens with zero attached hydrogens (tertiary/aromatic N) is 1. The number of methoxy groups -OCH3 is 1. The van der Waals surface area contributed by atoms with E-state index < -0.39 is 41.0 Å². The molecule has 1 atom stereocenters. The smallest absolute Gasteiger partial charge is 0.312 e. The first-order valence-corrected chi connectivity index (χ1v) is 8.29. The fraction of sp³-hybridized carbons (Fsp3) is 0.200. The maximum Gasteiger partial charge on any atom is 0.312 e. The van der Waals surface area contributed by atoms with E-state index in [4.69, 9.17) is 4.74 Å². The molecule has 1 unspecified atom stereocenters. The third-order valence-electron chi connectivity index (χ3n) is 4.69. The van der Waals surface area contributed by atoms with Gasteiger partial charge in [-0.1, -0.05) is 0 Å². The number of phenols is 1. The second-order valence-electron chi connectivity index (χ2n) is 6.31. The summed E-state index contributed by atoms with van der Waals surface area (Å²) < 4.78 is 47.3. The van der Waals surface area contributed by atoms with Gasteiger partial charge in [0.05, 0.1) is 18.5 Å². The number of fused-ring (bicyclic) bond motifs is 1. The predicted octanol–water partition coefficient (Wildman–Crippen LogP) is 4.04. The molecule has 5 nitrogen and oxygen atoms in total. The number of phenolic OH excluding ortho intramolecular Hbond substituents is 1. The van der Waals surface area contributed by atoms with Gasteiger partial charge in [0.15, 0.2) is 23.2 Å². The van der Waals surface area contributed by atoms with Gasteiger partial charge in [-0.05, 0) is 49.7 Å². The molecule has 1 N–H and O–H groups in total. The zero-order valence-electron chi connectivity index (χ0n) is 15.2. The molecule has 1 aromatic heterocycles. The van der Waals surface area contributed by atoms with E-state index in [0.29, 0.717) is 0 Å². The summed E-state index contributed by atoms with van der Waals surface area (Å²) >= 11 is 0. The Balaban J connectivity index is 2.33. The topological polar surface area (TPSA) is 68.5 Å². The van der Waals surface area contributed by atoms with Gasteiger partial charge >= 0.3 is 5.97 Å². The van der Waals surface area contributed by atoms with Crippen LogP contribution in [-0.2, 0) is 9.53 Å². The third kappa shape index (κ3) is 2.90. The summed E-state index contributed by atoms with van der Waals surface area (Å²) in [6, 6.07) is 5.04. The number of hydrogen-bond acceptors (Lipinski definition) is 4. The highest BCUT2D eigenvalue weighted by Crippen LogP contribution is 2.37. The Kier molecular flexibility index (Phi) is 4.89. The molecule has 0 aliphatic rings. The third-order valence-corrected chi connectivity index (χ3v) is 4.69. The summed E-state index contributed by atoms with van der Waals surface area (Å²) in [5.41, 5.74) is 0.288. The van der Waals surface area contributed by atoms with E-state index in [9.17, 15) is 27.9 Å². The number of ether oxygens (including phenoxy) is 1. The fourth-order valence-corrected chi connectivity index (χ4v) is 3.32. The van der Waals surface area contributed by atoms with E-state index in [-0.39, 0.29) is 27.7 Å². The van der Waals surface area contributed by atoms with Crippen molar-refractivity contribution in [2.45, 2.75) is 19.8 Å². The van der Waals surface area contributed by atoms with E-state index >= 15 is 0 Å². The lowest BCUT2D eigenvalue weighted by Crippen LogP contribution is -2.16. The fourth-order valence-electron chi connectivity index (χ4n) is 3.32. The SMILES string of the molecule is COC(=O)C(C)c1c(C)n(C(=O)c2ccc(F)c(F)c2)c2ccc(O)c(F)c12. The van der Waals surface area contributed by atoms with Crippen LogP contribution in [0, 0.1) is 24.4 Å². The monoisotopic (exact) mass is 391 g/mol. The first kappa shape index (κ1) is 19.5. The average molecular weight is 391 g/mol. The van der Waals surface area contributed by atoms with Crippen LogP contribution in [-0.4, -0.2) is 28.7 Å². The summed E-state index contributed by atoms with van der Waals surface area (Å²) in [5.74, 6) is -6.30. The molecule has 0 aliphatic carbocycles. The highest BCUT2D eigenvalue weighted by Gasteiger charge is 2.30. The van der Waals surface area contributed by atoms with Crippen molar-refractivity contribution in [3.05, 3.63) is 64.6 Å².